The van der Waals surface area contributed by atoms with Crippen LogP contribution in [0, 0.1) is 10.1 Å². The first-order valence-corrected chi connectivity index (χ1v) is 7.55. The predicted molar refractivity (Wildman–Crippen MR) is 88.6 cm³/mol. The quantitative estimate of drug-likeness (QED) is 0.400. The van der Waals surface area contributed by atoms with Gasteiger partial charge in [-0.25, -0.2) is 9.48 Å². The molecular formula is C17H15N3O5. The highest BCUT2D eigenvalue weighted by atomic mass is 16.6. The van der Waals surface area contributed by atoms with Gasteiger partial charge in [-0.1, -0.05) is 6.92 Å². The van der Waals surface area contributed by atoms with E-state index < -0.39 is 10.9 Å². The Labute approximate surface area is 142 Å². The van der Waals surface area contributed by atoms with E-state index in [0.717, 1.165) is 5.69 Å². The molecule has 0 N–H and O–H groups in total. The molecule has 0 spiro atoms. The number of ether oxygens (including phenoxy) is 1. The van der Waals surface area contributed by atoms with E-state index >= 15 is 0 Å². The molecule has 0 atom stereocenters. The van der Waals surface area contributed by atoms with Crippen molar-refractivity contribution in [1.29, 1.82) is 0 Å². The van der Waals surface area contributed by atoms with Crippen LogP contribution >= 0.6 is 0 Å². The molecule has 0 aliphatic carbocycles. The van der Waals surface area contributed by atoms with Gasteiger partial charge < -0.3 is 9.15 Å². The summed E-state index contributed by atoms with van der Waals surface area (Å²) in [4.78, 5) is 21.8. The monoisotopic (exact) mass is 341 g/mol. The molecule has 8 heteroatoms. The van der Waals surface area contributed by atoms with Crippen LogP contribution in [0.2, 0.25) is 0 Å². The second-order valence-electron chi connectivity index (χ2n) is 5.22. The Morgan fingerprint density at radius 3 is 2.60 bits per heavy atom. The molecule has 0 aliphatic rings. The molecule has 25 heavy (non-hydrogen) atoms. The summed E-state index contributed by atoms with van der Waals surface area (Å²) in [5.41, 5.74) is 2.18. The Bertz CT molecular complexity index is 924. The highest BCUT2D eigenvalue weighted by molar-refractivity contribution is 5.86. The Balaban J connectivity index is 1.98. The number of hydrogen-bond donors (Lipinski definition) is 0. The van der Waals surface area contributed by atoms with Gasteiger partial charge in [-0.3, -0.25) is 10.1 Å². The number of carbonyl (C=O) groups excluding carboxylic acids is 1. The summed E-state index contributed by atoms with van der Waals surface area (Å²) < 4.78 is 11.8. The summed E-state index contributed by atoms with van der Waals surface area (Å²) in [7, 11) is 1.28. The predicted octanol–water partition coefficient (Wildman–Crippen LogP) is 3.39. The van der Waals surface area contributed by atoms with Crippen LogP contribution in [0.25, 0.3) is 17.1 Å². The zero-order valence-corrected chi connectivity index (χ0v) is 13.6. The fourth-order valence-corrected chi connectivity index (χ4v) is 2.42. The summed E-state index contributed by atoms with van der Waals surface area (Å²) in [5.74, 6) is -0.0204. The number of carbonyl (C=O) groups is 1. The van der Waals surface area contributed by atoms with Crippen molar-refractivity contribution in [3.63, 3.8) is 0 Å². The molecule has 0 radical (unpaired) electrons. The molecule has 0 unspecified atom stereocenters. The maximum absolute atomic E-state index is 11.5. The van der Waals surface area contributed by atoms with Crippen LogP contribution in [0.3, 0.4) is 0 Å². The lowest BCUT2D eigenvalue weighted by Gasteiger charge is -2.05. The van der Waals surface area contributed by atoms with E-state index in [0.29, 0.717) is 23.6 Å². The number of benzene rings is 1. The number of rotatable bonds is 5. The van der Waals surface area contributed by atoms with Crippen LogP contribution in [-0.2, 0) is 11.2 Å². The highest BCUT2D eigenvalue weighted by Crippen LogP contribution is 2.25. The SMILES string of the molecule is CCc1cc(-c2ccc(C(=O)OC)o2)nn1-c1ccc([N+](=O)[O-])cc1. The molecule has 2 heterocycles. The molecule has 0 aliphatic heterocycles. The number of esters is 1. The number of nitro benzene ring substituents is 1. The fraction of sp³-hybridized carbons (Fsp3) is 0.176. The van der Waals surface area contributed by atoms with E-state index in [4.69, 9.17) is 4.42 Å². The average molecular weight is 341 g/mol. The van der Waals surface area contributed by atoms with Gasteiger partial charge in [0.15, 0.2) is 5.76 Å². The second-order valence-corrected chi connectivity index (χ2v) is 5.22. The molecule has 0 fully saturated rings. The molecule has 0 saturated carbocycles. The lowest BCUT2D eigenvalue weighted by atomic mass is 10.2. The van der Waals surface area contributed by atoms with Crippen LogP contribution in [0.1, 0.15) is 23.2 Å². The van der Waals surface area contributed by atoms with Gasteiger partial charge in [0.05, 0.1) is 17.7 Å². The number of aromatic nitrogens is 2. The number of nitro groups is 1. The minimum Gasteiger partial charge on any atom is -0.463 e. The first-order chi connectivity index (χ1) is 12.0. The van der Waals surface area contributed by atoms with Gasteiger partial charge in [-0.15, -0.1) is 0 Å². The Hall–Kier alpha value is -3.42. The molecule has 2 aromatic heterocycles. The van der Waals surface area contributed by atoms with E-state index in [1.807, 2.05) is 13.0 Å². The zero-order valence-electron chi connectivity index (χ0n) is 13.6. The van der Waals surface area contributed by atoms with Gasteiger partial charge in [0.25, 0.3) is 5.69 Å². The molecule has 0 bridgehead atoms. The number of furan rings is 1. The van der Waals surface area contributed by atoms with Crippen molar-refractivity contribution in [2.45, 2.75) is 13.3 Å². The van der Waals surface area contributed by atoms with Crippen molar-refractivity contribution in [3.05, 3.63) is 64.0 Å². The van der Waals surface area contributed by atoms with Crippen molar-refractivity contribution < 1.29 is 18.9 Å². The molecular weight excluding hydrogens is 326 g/mol. The summed E-state index contributed by atoms with van der Waals surface area (Å²) in [6.45, 7) is 1.98. The average Bonchev–Trinajstić information content (AvgIpc) is 3.27. The van der Waals surface area contributed by atoms with E-state index in [1.165, 1.54) is 25.3 Å². The smallest absolute Gasteiger partial charge is 0.373 e. The first kappa shape index (κ1) is 16.4. The lowest BCUT2D eigenvalue weighted by Crippen LogP contribution is -2.01. The van der Waals surface area contributed by atoms with Gasteiger partial charge in [0.2, 0.25) is 5.76 Å². The van der Waals surface area contributed by atoms with Crippen LogP contribution in [-0.4, -0.2) is 27.8 Å². The molecule has 0 saturated heterocycles. The summed E-state index contributed by atoms with van der Waals surface area (Å²) in [5, 5.41) is 15.3. The van der Waals surface area contributed by atoms with Crippen LogP contribution in [0.4, 0.5) is 5.69 Å². The zero-order chi connectivity index (χ0) is 18.0. The summed E-state index contributed by atoms with van der Waals surface area (Å²) in [6.07, 6.45) is 0.703. The van der Waals surface area contributed by atoms with Gasteiger partial charge >= 0.3 is 5.97 Å². The lowest BCUT2D eigenvalue weighted by molar-refractivity contribution is -0.384. The number of nitrogens with zero attached hydrogens (tertiary/aromatic N) is 3. The maximum Gasteiger partial charge on any atom is 0.373 e. The number of methoxy groups -OCH3 is 1. The Kier molecular flexibility index (Phi) is 4.34. The van der Waals surface area contributed by atoms with Gasteiger partial charge in [0, 0.05) is 17.8 Å². The minimum absolute atomic E-state index is 0.0166. The Morgan fingerprint density at radius 1 is 1.28 bits per heavy atom. The van der Waals surface area contributed by atoms with E-state index in [2.05, 4.69) is 9.84 Å². The summed E-state index contributed by atoms with van der Waals surface area (Å²) >= 11 is 0. The van der Waals surface area contributed by atoms with Crippen LogP contribution in [0.5, 0.6) is 0 Å². The van der Waals surface area contributed by atoms with Gasteiger partial charge in [-0.05, 0) is 36.8 Å². The molecule has 128 valence electrons. The maximum atomic E-state index is 11.5. The fourth-order valence-electron chi connectivity index (χ4n) is 2.42. The largest absolute Gasteiger partial charge is 0.463 e. The highest BCUT2D eigenvalue weighted by Gasteiger charge is 2.16. The van der Waals surface area contributed by atoms with Crippen LogP contribution in [0.15, 0.2) is 46.9 Å². The number of non-ortho nitro benzene ring substituents is 1. The van der Waals surface area contributed by atoms with Crippen molar-refractivity contribution in [3.8, 4) is 17.1 Å². The van der Waals surface area contributed by atoms with Crippen molar-refractivity contribution in [1.82, 2.24) is 9.78 Å². The molecule has 3 aromatic rings. The normalized spacial score (nSPS) is 10.6. The number of aryl methyl sites for hydroxylation is 1. The van der Waals surface area contributed by atoms with E-state index in [9.17, 15) is 14.9 Å². The van der Waals surface area contributed by atoms with Gasteiger partial charge in [0.1, 0.15) is 5.69 Å². The van der Waals surface area contributed by atoms with E-state index in [-0.39, 0.29) is 11.4 Å². The minimum atomic E-state index is -0.559. The topological polar surface area (TPSA) is 100 Å². The van der Waals surface area contributed by atoms with Crippen molar-refractivity contribution in [2.24, 2.45) is 0 Å². The third-order valence-electron chi connectivity index (χ3n) is 3.70. The van der Waals surface area contributed by atoms with Crippen molar-refractivity contribution >= 4 is 11.7 Å². The number of hydrogen-bond acceptors (Lipinski definition) is 6. The Morgan fingerprint density at radius 2 is 2.00 bits per heavy atom. The van der Waals surface area contributed by atoms with E-state index in [1.54, 1.807) is 22.9 Å². The molecule has 0 amide bonds. The van der Waals surface area contributed by atoms with Crippen LogP contribution < -0.4 is 0 Å². The molecule has 1 aromatic carbocycles. The van der Waals surface area contributed by atoms with Gasteiger partial charge in [-0.2, -0.15) is 5.10 Å². The third kappa shape index (κ3) is 3.14. The second kappa shape index (κ2) is 6.60. The standard InChI is InChI=1S/C17H15N3O5/c1-3-11-10-14(15-8-9-16(25-15)17(21)24-2)18-19(11)12-4-6-13(7-5-12)20(22)23/h4-10H,3H2,1-2H3. The van der Waals surface area contributed by atoms with Crippen molar-refractivity contribution in [2.75, 3.05) is 7.11 Å². The molecule has 8 nitrogen and oxygen atoms in total. The first-order valence-electron chi connectivity index (χ1n) is 7.55. The third-order valence-corrected chi connectivity index (χ3v) is 3.70. The summed E-state index contributed by atoms with van der Waals surface area (Å²) in [6, 6.07) is 11.1. The molecule has 3 rings (SSSR count).